The molecule has 0 bridgehead atoms. The van der Waals surface area contributed by atoms with Crippen molar-refractivity contribution < 1.29 is 18.7 Å². The number of hydrogen-bond donors (Lipinski definition) is 0. The van der Waals surface area contributed by atoms with E-state index < -0.39 is 24.3 Å². The van der Waals surface area contributed by atoms with E-state index in [0.29, 0.717) is 16.5 Å². The first kappa shape index (κ1) is 25.4. The number of morpholine rings is 1. The molecule has 0 aromatic heterocycles. The molecule has 7 heteroatoms. The Balaban J connectivity index is 1.82. The molecule has 1 fully saturated rings. The van der Waals surface area contributed by atoms with Crippen molar-refractivity contribution in [2.45, 2.75) is 50.5 Å². The van der Waals surface area contributed by atoms with E-state index in [-0.39, 0.29) is 18.1 Å². The van der Waals surface area contributed by atoms with Crippen LogP contribution < -0.4 is 0 Å². The van der Waals surface area contributed by atoms with Crippen LogP contribution in [0.5, 0.6) is 0 Å². The maximum atomic E-state index is 13.9. The zero-order chi connectivity index (χ0) is 24.9. The standard InChI is InChI=1S/C28H26Cl2FNO3/c1-2-3-24(17-33)32-26(19-6-10-21(29)11-7-19)27(20-8-12-22(30)13-9-20)35-25(28(32)34)16-18-4-14-23(31)15-5-18/h4-15,17,24-27H,2-3,16H2,1H3/t24?,25-,26+,27-/m0/s1. The lowest BCUT2D eigenvalue weighted by atomic mass is 9.89. The number of halogens is 3. The second kappa shape index (κ2) is 11.3. The van der Waals surface area contributed by atoms with Crippen molar-refractivity contribution in [2.24, 2.45) is 0 Å². The van der Waals surface area contributed by atoms with Crippen LogP contribution >= 0.6 is 23.2 Å². The lowest BCUT2D eigenvalue weighted by Crippen LogP contribution is -2.55. The van der Waals surface area contributed by atoms with Crippen LogP contribution in [-0.4, -0.2) is 29.2 Å². The molecule has 0 aliphatic carbocycles. The van der Waals surface area contributed by atoms with Crippen molar-refractivity contribution in [3.63, 3.8) is 0 Å². The number of rotatable bonds is 8. The van der Waals surface area contributed by atoms with Crippen LogP contribution in [0.15, 0.2) is 72.8 Å². The van der Waals surface area contributed by atoms with Gasteiger partial charge >= 0.3 is 0 Å². The number of hydrogen-bond acceptors (Lipinski definition) is 3. The fourth-order valence-corrected chi connectivity index (χ4v) is 4.83. The second-order valence-corrected chi connectivity index (χ2v) is 9.53. The molecule has 1 aliphatic heterocycles. The molecule has 1 amide bonds. The van der Waals surface area contributed by atoms with Crippen molar-refractivity contribution in [1.29, 1.82) is 0 Å². The summed E-state index contributed by atoms with van der Waals surface area (Å²) in [5.74, 6) is -0.623. The SMILES string of the molecule is CCCC(C=O)N1C(=O)[C@H](Cc2ccc(F)cc2)O[C@@H](c2ccc(Cl)cc2)[C@H]1c1ccc(Cl)cc1. The van der Waals surface area contributed by atoms with E-state index in [1.165, 1.54) is 12.1 Å². The van der Waals surface area contributed by atoms with E-state index in [0.717, 1.165) is 29.4 Å². The Morgan fingerprint density at radius 2 is 1.51 bits per heavy atom. The second-order valence-electron chi connectivity index (χ2n) is 8.66. The molecule has 1 heterocycles. The first-order valence-electron chi connectivity index (χ1n) is 11.6. The van der Waals surface area contributed by atoms with Gasteiger partial charge in [-0.25, -0.2) is 4.39 Å². The Bertz CT molecular complexity index is 1150. The topological polar surface area (TPSA) is 46.6 Å². The van der Waals surface area contributed by atoms with Gasteiger partial charge in [-0.1, -0.05) is 72.9 Å². The van der Waals surface area contributed by atoms with Crippen LogP contribution in [0.1, 0.15) is 48.6 Å². The van der Waals surface area contributed by atoms with Crippen LogP contribution in [0.2, 0.25) is 10.0 Å². The van der Waals surface area contributed by atoms with Gasteiger partial charge in [0.1, 0.15) is 24.3 Å². The Kier molecular flexibility index (Phi) is 8.22. The van der Waals surface area contributed by atoms with E-state index in [4.69, 9.17) is 27.9 Å². The number of carbonyl (C=O) groups is 2. The first-order chi connectivity index (χ1) is 16.9. The Morgan fingerprint density at radius 3 is 2.06 bits per heavy atom. The molecule has 35 heavy (non-hydrogen) atoms. The fraction of sp³-hybridized carbons (Fsp3) is 0.286. The molecule has 0 saturated carbocycles. The number of benzene rings is 3. The number of amides is 1. The molecule has 0 N–H and O–H groups in total. The summed E-state index contributed by atoms with van der Waals surface area (Å²) in [7, 11) is 0. The molecule has 182 valence electrons. The minimum absolute atomic E-state index is 0.255. The van der Waals surface area contributed by atoms with E-state index in [1.807, 2.05) is 31.2 Å². The van der Waals surface area contributed by atoms with Gasteiger partial charge in [-0.15, -0.1) is 0 Å². The molecule has 1 saturated heterocycles. The molecule has 0 spiro atoms. The van der Waals surface area contributed by atoms with Gasteiger partial charge in [0, 0.05) is 16.5 Å². The van der Waals surface area contributed by atoms with Gasteiger partial charge in [-0.2, -0.15) is 0 Å². The first-order valence-corrected chi connectivity index (χ1v) is 12.3. The maximum absolute atomic E-state index is 13.9. The normalized spacial score (nSPS) is 21.1. The molecule has 4 nitrogen and oxygen atoms in total. The predicted octanol–water partition coefficient (Wildman–Crippen LogP) is 6.75. The summed E-state index contributed by atoms with van der Waals surface area (Å²) in [4.78, 5) is 27.8. The van der Waals surface area contributed by atoms with Crippen LogP contribution in [-0.2, 0) is 20.7 Å². The van der Waals surface area contributed by atoms with Gasteiger partial charge in [-0.05, 0) is 59.5 Å². The number of aldehydes is 1. The van der Waals surface area contributed by atoms with Crippen LogP contribution in [0.4, 0.5) is 4.39 Å². The molecule has 0 radical (unpaired) electrons. The minimum Gasteiger partial charge on any atom is -0.358 e. The lowest BCUT2D eigenvalue weighted by molar-refractivity contribution is -0.179. The van der Waals surface area contributed by atoms with Gasteiger partial charge in [0.05, 0.1) is 12.1 Å². The smallest absolute Gasteiger partial charge is 0.253 e. The maximum Gasteiger partial charge on any atom is 0.253 e. The summed E-state index contributed by atoms with van der Waals surface area (Å²) in [6.45, 7) is 1.98. The van der Waals surface area contributed by atoms with Crippen molar-refractivity contribution in [1.82, 2.24) is 4.90 Å². The minimum atomic E-state index is -0.844. The summed E-state index contributed by atoms with van der Waals surface area (Å²) in [5.41, 5.74) is 2.41. The monoisotopic (exact) mass is 513 g/mol. The Morgan fingerprint density at radius 1 is 0.943 bits per heavy atom. The van der Waals surface area contributed by atoms with Crippen LogP contribution in [0, 0.1) is 5.82 Å². The number of ether oxygens (including phenoxy) is 1. The van der Waals surface area contributed by atoms with Crippen LogP contribution in [0.3, 0.4) is 0 Å². The molecular formula is C28H26Cl2FNO3. The molecule has 3 aromatic carbocycles. The van der Waals surface area contributed by atoms with Crippen molar-refractivity contribution in [3.05, 3.63) is 105 Å². The van der Waals surface area contributed by atoms with E-state index in [1.54, 1.807) is 41.3 Å². The summed E-state index contributed by atoms with van der Waals surface area (Å²) in [5, 5.41) is 1.15. The lowest BCUT2D eigenvalue weighted by Gasteiger charge is -2.47. The zero-order valence-corrected chi connectivity index (χ0v) is 20.8. The third-order valence-electron chi connectivity index (χ3n) is 6.27. The van der Waals surface area contributed by atoms with Gasteiger partial charge < -0.3 is 14.4 Å². The molecule has 3 aromatic rings. The van der Waals surface area contributed by atoms with E-state index >= 15 is 0 Å². The average molecular weight is 514 g/mol. The summed E-state index contributed by atoms with van der Waals surface area (Å²) >= 11 is 12.3. The number of nitrogens with zero attached hydrogens (tertiary/aromatic N) is 1. The van der Waals surface area contributed by atoms with E-state index in [2.05, 4.69) is 0 Å². The highest BCUT2D eigenvalue weighted by molar-refractivity contribution is 6.30. The summed E-state index contributed by atoms with van der Waals surface area (Å²) in [6, 6.07) is 19.4. The van der Waals surface area contributed by atoms with Crippen molar-refractivity contribution in [2.75, 3.05) is 0 Å². The fourth-order valence-electron chi connectivity index (χ4n) is 4.58. The van der Waals surface area contributed by atoms with Gasteiger partial charge in [-0.3, -0.25) is 4.79 Å². The predicted molar refractivity (Wildman–Crippen MR) is 135 cm³/mol. The largest absolute Gasteiger partial charge is 0.358 e. The molecular weight excluding hydrogens is 488 g/mol. The van der Waals surface area contributed by atoms with Crippen molar-refractivity contribution >= 4 is 35.4 Å². The third-order valence-corrected chi connectivity index (χ3v) is 6.77. The molecule has 1 aliphatic rings. The Hall–Kier alpha value is -2.73. The number of carbonyl (C=O) groups excluding carboxylic acids is 2. The van der Waals surface area contributed by atoms with E-state index in [9.17, 15) is 14.0 Å². The summed E-state index contributed by atoms with van der Waals surface area (Å²) in [6.07, 6.45) is 0.944. The highest BCUT2D eigenvalue weighted by Gasteiger charge is 2.46. The highest BCUT2D eigenvalue weighted by Crippen LogP contribution is 2.44. The zero-order valence-electron chi connectivity index (χ0n) is 19.2. The van der Waals surface area contributed by atoms with Gasteiger partial charge in [0.25, 0.3) is 5.91 Å². The quantitative estimate of drug-likeness (QED) is 0.313. The molecule has 1 unspecified atom stereocenters. The third kappa shape index (κ3) is 5.75. The van der Waals surface area contributed by atoms with Gasteiger partial charge in [0.15, 0.2) is 0 Å². The highest BCUT2D eigenvalue weighted by atomic mass is 35.5. The molecule has 4 rings (SSSR count). The summed E-state index contributed by atoms with van der Waals surface area (Å²) < 4.78 is 19.9. The Labute approximate surface area is 214 Å². The molecule has 4 atom stereocenters. The van der Waals surface area contributed by atoms with Crippen LogP contribution in [0.25, 0.3) is 0 Å². The van der Waals surface area contributed by atoms with Crippen molar-refractivity contribution in [3.8, 4) is 0 Å². The average Bonchev–Trinajstić information content (AvgIpc) is 2.86. The van der Waals surface area contributed by atoms with Gasteiger partial charge in [0.2, 0.25) is 0 Å².